The molecule has 11 nitrogen and oxygen atoms in total. The first-order valence-electron chi connectivity index (χ1n) is 13.5. The molecule has 0 saturated carbocycles. The molecule has 3 aliphatic heterocycles. The van der Waals surface area contributed by atoms with Gasteiger partial charge in [-0.3, -0.25) is 14.4 Å². The average molecular weight is 565 g/mol. The minimum atomic E-state index is -1.83. The number of ketones is 3. The van der Waals surface area contributed by atoms with Gasteiger partial charge in [0.2, 0.25) is 0 Å². The maximum absolute atomic E-state index is 14.0. The molecule has 11 heteroatoms. The van der Waals surface area contributed by atoms with Crippen LogP contribution in [-0.2, 0) is 9.47 Å². The topological polar surface area (TPSA) is 169 Å². The van der Waals surface area contributed by atoms with Crippen LogP contribution in [0.2, 0.25) is 0 Å². The van der Waals surface area contributed by atoms with Crippen molar-refractivity contribution >= 4 is 17.3 Å². The zero-order valence-electron chi connectivity index (χ0n) is 22.6. The van der Waals surface area contributed by atoms with Crippen LogP contribution in [0.1, 0.15) is 76.9 Å². The Balaban J connectivity index is 1.50. The van der Waals surface area contributed by atoms with Gasteiger partial charge >= 0.3 is 0 Å². The predicted octanol–water partition coefficient (Wildman–Crippen LogP) is 2.91. The van der Waals surface area contributed by atoms with E-state index in [9.17, 15) is 34.8 Å². The molecule has 1 saturated heterocycles. The van der Waals surface area contributed by atoms with Crippen molar-refractivity contribution in [2.75, 3.05) is 0 Å². The molecule has 8 atom stereocenters. The maximum Gasteiger partial charge on any atom is 0.196 e. The summed E-state index contributed by atoms with van der Waals surface area (Å²) in [6, 6.07) is 3.41. The average Bonchev–Trinajstić information content (AvgIpc) is 2.88. The number of hydrogen-bond donors (Lipinski definition) is 4. The van der Waals surface area contributed by atoms with Gasteiger partial charge in [0.25, 0.3) is 0 Å². The standard InChI is InChI=1S/C30H28O11/c1-9-5-14-19(10(2)38-9)25(35)21-17(33)8-18-27(22(21)24(14)34)40-29-15-6-13(31)7-16(32)20(15)26(36)23-11(3)39-12(4)28(37)30(23,29)41-18/h6-12,23,28-29,31-33,37H,5H2,1-4H3. The van der Waals surface area contributed by atoms with E-state index in [1.165, 1.54) is 6.07 Å². The SMILES string of the molecule is CC1CC2=C(C(=O)c3c(O)cc4c(c3C2=O)OC2c3cc(O)cc(O)c3C(=O)C3C(C)OC(C)C(O)C23O4)C(C)O1. The highest BCUT2D eigenvalue weighted by molar-refractivity contribution is 6.29. The molecule has 2 aromatic carbocycles. The second-order valence-corrected chi connectivity index (χ2v) is 11.5. The van der Waals surface area contributed by atoms with Gasteiger partial charge in [-0.15, -0.1) is 0 Å². The Kier molecular flexibility index (Phi) is 5.27. The van der Waals surface area contributed by atoms with Gasteiger partial charge in [0.05, 0.1) is 47.0 Å². The van der Waals surface area contributed by atoms with E-state index < -0.39 is 70.9 Å². The van der Waals surface area contributed by atoms with Gasteiger partial charge in [0.15, 0.2) is 40.6 Å². The van der Waals surface area contributed by atoms with Crippen molar-refractivity contribution in [2.45, 2.75) is 76.3 Å². The number of aliphatic hydroxyl groups excluding tert-OH is 1. The molecule has 7 rings (SSSR count). The smallest absolute Gasteiger partial charge is 0.196 e. The summed E-state index contributed by atoms with van der Waals surface area (Å²) in [5.74, 6) is -4.54. The number of hydrogen-bond acceptors (Lipinski definition) is 11. The van der Waals surface area contributed by atoms with Crippen molar-refractivity contribution in [3.8, 4) is 28.7 Å². The van der Waals surface area contributed by atoms with Crippen molar-refractivity contribution in [1.29, 1.82) is 0 Å². The Labute approximate surface area is 233 Å². The molecule has 2 aromatic rings. The molecule has 214 valence electrons. The monoisotopic (exact) mass is 564 g/mol. The summed E-state index contributed by atoms with van der Waals surface area (Å²) in [6.07, 6.45) is -5.24. The van der Waals surface area contributed by atoms with Gasteiger partial charge in [-0.1, -0.05) is 0 Å². The molecule has 4 N–H and O–H groups in total. The maximum atomic E-state index is 14.0. The molecule has 5 aliphatic rings. The number of aromatic hydroxyl groups is 3. The lowest BCUT2D eigenvalue weighted by atomic mass is 9.62. The van der Waals surface area contributed by atoms with Crippen molar-refractivity contribution in [3.05, 3.63) is 51.6 Å². The van der Waals surface area contributed by atoms with Crippen LogP contribution in [0.4, 0.5) is 0 Å². The van der Waals surface area contributed by atoms with E-state index in [1.807, 2.05) is 0 Å². The van der Waals surface area contributed by atoms with Crippen LogP contribution in [-0.4, -0.2) is 73.9 Å². The van der Waals surface area contributed by atoms with Crippen molar-refractivity contribution < 1.29 is 53.8 Å². The number of phenols is 3. The summed E-state index contributed by atoms with van der Waals surface area (Å²) in [5, 5.41) is 43.8. The molecular formula is C30H28O11. The fourth-order valence-corrected chi connectivity index (χ4v) is 7.49. The van der Waals surface area contributed by atoms with Crippen LogP contribution >= 0.6 is 0 Å². The molecule has 0 aromatic heterocycles. The molecule has 2 aliphatic carbocycles. The first-order chi connectivity index (χ1) is 19.4. The van der Waals surface area contributed by atoms with Crippen LogP contribution in [0.5, 0.6) is 28.7 Å². The number of rotatable bonds is 0. The van der Waals surface area contributed by atoms with Crippen LogP contribution in [0, 0.1) is 5.92 Å². The fraction of sp³-hybridized carbons (Fsp3) is 0.433. The Bertz CT molecular complexity index is 1620. The number of aliphatic hydroxyl groups is 1. The number of carbonyl (C=O) groups is 3. The summed E-state index contributed by atoms with van der Waals surface area (Å²) in [4.78, 5) is 41.6. The van der Waals surface area contributed by atoms with E-state index in [0.29, 0.717) is 0 Å². The largest absolute Gasteiger partial charge is 0.508 e. The van der Waals surface area contributed by atoms with Crippen LogP contribution in [0.15, 0.2) is 29.3 Å². The second-order valence-electron chi connectivity index (χ2n) is 11.5. The first kappa shape index (κ1) is 26.0. The highest BCUT2D eigenvalue weighted by atomic mass is 16.6. The third kappa shape index (κ3) is 3.16. The van der Waals surface area contributed by atoms with Gasteiger partial charge < -0.3 is 39.4 Å². The summed E-state index contributed by atoms with van der Waals surface area (Å²) in [5.41, 5.74) is -1.94. The molecule has 0 amide bonds. The molecule has 8 unspecified atom stereocenters. The molecule has 0 radical (unpaired) electrons. The number of carbonyl (C=O) groups excluding carboxylic acids is 3. The van der Waals surface area contributed by atoms with Crippen LogP contribution < -0.4 is 9.47 Å². The Hall–Kier alpha value is -3.93. The minimum Gasteiger partial charge on any atom is -0.508 e. The lowest BCUT2D eigenvalue weighted by molar-refractivity contribution is -0.257. The second kappa shape index (κ2) is 8.31. The zero-order valence-corrected chi connectivity index (χ0v) is 22.6. The summed E-state index contributed by atoms with van der Waals surface area (Å²) >= 11 is 0. The first-order valence-corrected chi connectivity index (χ1v) is 13.5. The van der Waals surface area contributed by atoms with E-state index in [4.69, 9.17) is 18.9 Å². The third-order valence-electron chi connectivity index (χ3n) is 9.03. The highest BCUT2D eigenvalue weighted by Crippen LogP contribution is 2.60. The number of Topliss-reactive ketones (excluding diaryl/α,β-unsaturated/α-hetero) is 3. The third-order valence-corrected chi connectivity index (χ3v) is 9.03. The van der Waals surface area contributed by atoms with Gasteiger partial charge in [-0.05, 0) is 33.8 Å². The lowest BCUT2D eigenvalue weighted by Gasteiger charge is -2.58. The van der Waals surface area contributed by atoms with Gasteiger partial charge in [0.1, 0.15) is 23.4 Å². The van der Waals surface area contributed by atoms with Crippen molar-refractivity contribution in [1.82, 2.24) is 0 Å². The van der Waals surface area contributed by atoms with Crippen LogP contribution in [0.25, 0.3) is 0 Å². The molecule has 3 heterocycles. The van der Waals surface area contributed by atoms with Gasteiger partial charge in [-0.2, -0.15) is 0 Å². The highest BCUT2D eigenvalue weighted by Gasteiger charge is 2.69. The van der Waals surface area contributed by atoms with Gasteiger partial charge in [0, 0.05) is 35.3 Å². The Morgan fingerprint density at radius 2 is 1.56 bits per heavy atom. The predicted molar refractivity (Wildman–Crippen MR) is 139 cm³/mol. The number of benzene rings is 2. The summed E-state index contributed by atoms with van der Waals surface area (Å²) in [7, 11) is 0. The summed E-state index contributed by atoms with van der Waals surface area (Å²) in [6.45, 7) is 6.71. The van der Waals surface area contributed by atoms with Gasteiger partial charge in [-0.25, -0.2) is 0 Å². The Morgan fingerprint density at radius 3 is 2.29 bits per heavy atom. The molecule has 1 spiro atoms. The van der Waals surface area contributed by atoms with Crippen molar-refractivity contribution in [3.63, 3.8) is 0 Å². The quantitative estimate of drug-likeness (QED) is 0.371. The fourth-order valence-electron chi connectivity index (χ4n) is 7.49. The van der Waals surface area contributed by atoms with E-state index in [2.05, 4.69) is 0 Å². The zero-order chi connectivity index (χ0) is 29.3. The van der Waals surface area contributed by atoms with E-state index in [1.54, 1.807) is 27.7 Å². The minimum absolute atomic E-state index is 0.0411. The van der Waals surface area contributed by atoms with E-state index in [-0.39, 0.29) is 63.2 Å². The van der Waals surface area contributed by atoms with E-state index >= 15 is 0 Å². The molecular weight excluding hydrogens is 536 g/mol. The van der Waals surface area contributed by atoms with E-state index in [0.717, 1.165) is 12.1 Å². The van der Waals surface area contributed by atoms with Crippen molar-refractivity contribution in [2.24, 2.45) is 5.92 Å². The summed E-state index contributed by atoms with van der Waals surface area (Å²) < 4.78 is 24.7. The van der Waals surface area contributed by atoms with Crippen LogP contribution in [0.3, 0.4) is 0 Å². The number of ether oxygens (including phenoxy) is 4. The lowest BCUT2D eigenvalue weighted by Crippen LogP contribution is -2.72. The molecule has 41 heavy (non-hydrogen) atoms. The normalized spacial score (nSPS) is 35.2. The number of phenolic OH excluding ortho intramolecular Hbond substituents is 3. The number of fused-ring (bicyclic) bond motifs is 5. The molecule has 1 fully saturated rings. The Morgan fingerprint density at radius 1 is 0.854 bits per heavy atom. The molecule has 0 bridgehead atoms.